The number of aromatic nitrogens is 3. The van der Waals surface area contributed by atoms with Crippen LogP contribution in [0.25, 0.3) is 0 Å². The molecule has 0 aliphatic carbocycles. The van der Waals surface area contributed by atoms with Crippen molar-refractivity contribution >= 4 is 0 Å². The second kappa shape index (κ2) is 6.84. The maximum atomic E-state index is 13.0. The van der Waals surface area contributed by atoms with Gasteiger partial charge in [0.05, 0.1) is 24.1 Å². The molecule has 3 rings (SSSR count). The SMILES string of the molecule is CC(NCc1nnc2n1CC(C(F)(F)F)CC2)c1ccc(C#N)cc1. The van der Waals surface area contributed by atoms with Gasteiger partial charge < -0.3 is 9.88 Å². The molecule has 25 heavy (non-hydrogen) atoms. The average molecular weight is 349 g/mol. The van der Waals surface area contributed by atoms with Gasteiger partial charge in [-0.2, -0.15) is 18.4 Å². The van der Waals surface area contributed by atoms with Crippen LogP contribution in [0.3, 0.4) is 0 Å². The third-order valence-electron chi connectivity index (χ3n) is 4.59. The molecule has 1 aromatic heterocycles. The summed E-state index contributed by atoms with van der Waals surface area (Å²) < 4.78 is 40.5. The molecule has 2 atom stereocenters. The van der Waals surface area contributed by atoms with Crippen LogP contribution in [0.4, 0.5) is 13.2 Å². The Kier molecular flexibility index (Phi) is 4.77. The van der Waals surface area contributed by atoms with E-state index in [0.29, 0.717) is 30.2 Å². The number of hydrogen-bond acceptors (Lipinski definition) is 4. The van der Waals surface area contributed by atoms with E-state index in [4.69, 9.17) is 5.26 Å². The third-order valence-corrected chi connectivity index (χ3v) is 4.59. The standard InChI is InChI=1S/C17H18F3N5/c1-11(13-4-2-12(8-21)3-5-13)22-9-16-24-23-15-7-6-14(10-25(15)16)17(18,19)20/h2-5,11,14,22H,6-7,9-10H2,1H3. The van der Waals surface area contributed by atoms with Crippen molar-refractivity contribution in [1.29, 1.82) is 5.26 Å². The summed E-state index contributed by atoms with van der Waals surface area (Å²) in [6.07, 6.45) is -3.83. The molecule has 2 unspecified atom stereocenters. The molecule has 0 amide bonds. The highest BCUT2D eigenvalue weighted by atomic mass is 19.4. The van der Waals surface area contributed by atoms with E-state index < -0.39 is 12.1 Å². The van der Waals surface area contributed by atoms with E-state index >= 15 is 0 Å². The highest BCUT2D eigenvalue weighted by molar-refractivity contribution is 5.32. The Morgan fingerprint density at radius 1 is 1.32 bits per heavy atom. The summed E-state index contributed by atoms with van der Waals surface area (Å²) in [5, 5.41) is 20.1. The van der Waals surface area contributed by atoms with Gasteiger partial charge in [0.2, 0.25) is 0 Å². The summed E-state index contributed by atoms with van der Waals surface area (Å²) in [5.41, 5.74) is 1.58. The van der Waals surface area contributed by atoms with Gasteiger partial charge in [-0.25, -0.2) is 0 Å². The minimum atomic E-state index is -4.19. The fourth-order valence-corrected chi connectivity index (χ4v) is 2.99. The number of aryl methyl sites for hydroxylation is 1. The number of nitrogens with zero attached hydrogens (tertiary/aromatic N) is 4. The quantitative estimate of drug-likeness (QED) is 0.921. The van der Waals surface area contributed by atoms with Crippen LogP contribution in [0, 0.1) is 17.2 Å². The normalized spacial score (nSPS) is 18.4. The summed E-state index contributed by atoms with van der Waals surface area (Å²) in [5.74, 6) is -0.210. The van der Waals surface area contributed by atoms with Crippen LogP contribution >= 0.6 is 0 Å². The van der Waals surface area contributed by atoms with Crippen LogP contribution in [0.15, 0.2) is 24.3 Å². The number of hydrogen-bond donors (Lipinski definition) is 1. The van der Waals surface area contributed by atoms with Gasteiger partial charge in [0.15, 0.2) is 0 Å². The number of alkyl halides is 3. The van der Waals surface area contributed by atoms with Gasteiger partial charge in [0.1, 0.15) is 11.6 Å². The number of rotatable bonds is 4. The predicted octanol–water partition coefficient (Wildman–Crippen LogP) is 3.13. The summed E-state index contributed by atoms with van der Waals surface area (Å²) in [7, 11) is 0. The number of halogens is 3. The van der Waals surface area contributed by atoms with E-state index in [-0.39, 0.29) is 19.0 Å². The van der Waals surface area contributed by atoms with Crippen molar-refractivity contribution in [2.24, 2.45) is 5.92 Å². The van der Waals surface area contributed by atoms with Crippen molar-refractivity contribution < 1.29 is 13.2 Å². The molecule has 5 nitrogen and oxygen atoms in total. The summed E-state index contributed by atoms with van der Waals surface area (Å²) >= 11 is 0. The molecule has 1 N–H and O–H groups in total. The molecular weight excluding hydrogens is 331 g/mol. The van der Waals surface area contributed by atoms with Crippen molar-refractivity contribution in [3.05, 3.63) is 47.0 Å². The molecule has 8 heteroatoms. The molecule has 2 aromatic rings. The summed E-state index contributed by atoms with van der Waals surface area (Å²) in [6, 6.07) is 9.22. The third kappa shape index (κ3) is 3.82. The van der Waals surface area contributed by atoms with Crippen LogP contribution < -0.4 is 5.32 Å². The van der Waals surface area contributed by atoms with E-state index in [9.17, 15) is 13.2 Å². The van der Waals surface area contributed by atoms with Gasteiger partial charge in [-0.15, -0.1) is 10.2 Å². The van der Waals surface area contributed by atoms with Crippen LogP contribution in [-0.4, -0.2) is 20.9 Å². The maximum Gasteiger partial charge on any atom is 0.393 e. The number of nitrogens with one attached hydrogen (secondary N) is 1. The lowest BCUT2D eigenvalue weighted by Gasteiger charge is -2.26. The zero-order chi connectivity index (χ0) is 18.0. The first-order chi connectivity index (χ1) is 11.9. The highest BCUT2D eigenvalue weighted by Crippen LogP contribution is 2.34. The predicted molar refractivity (Wildman–Crippen MR) is 84.3 cm³/mol. The molecule has 2 heterocycles. The molecule has 0 bridgehead atoms. The molecule has 132 valence electrons. The largest absolute Gasteiger partial charge is 0.393 e. The Bertz CT molecular complexity index is 773. The van der Waals surface area contributed by atoms with Gasteiger partial charge >= 0.3 is 6.18 Å². The van der Waals surface area contributed by atoms with Gasteiger partial charge in [0, 0.05) is 19.0 Å². The monoisotopic (exact) mass is 349 g/mol. The second-order valence-corrected chi connectivity index (χ2v) is 6.26. The van der Waals surface area contributed by atoms with Crippen molar-refractivity contribution in [1.82, 2.24) is 20.1 Å². The fourth-order valence-electron chi connectivity index (χ4n) is 2.99. The van der Waals surface area contributed by atoms with Gasteiger partial charge in [-0.3, -0.25) is 0 Å². The van der Waals surface area contributed by atoms with Crippen LogP contribution in [0.1, 0.15) is 42.2 Å². The first-order valence-corrected chi connectivity index (χ1v) is 8.09. The van der Waals surface area contributed by atoms with Crippen LogP contribution in [0.5, 0.6) is 0 Å². The van der Waals surface area contributed by atoms with Crippen LogP contribution in [0.2, 0.25) is 0 Å². The molecule has 0 saturated carbocycles. The average Bonchev–Trinajstić information content (AvgIpc) is 3.01. The van der Waals surface area contributed by atoms with Gasteiger partial charge in [-0.05, 0) is 31.0 Å². The Balaban J connectivity index is 1.66. The molecule has 0 saturated heterocycles. The lowest BCUT2D eigenvalue weighted by molar-refractivity contribution is -0.182. The lowest BCUT2D eigenvalue weighted by atomic mass is 9.99. The van der Waals surface area contributed by atoms with Gasteiger partial charge in [0.25, 0.3) is 0 Å². The first-order valence-electron chi connectivity index (χ1n) is 8.09. The topological polar surface area (TPSA) is 66.5 Å². The number of benzene rings is 1. The van der Waals surface area contributed by atoms with Crippen LogP contribution in [-0.2, 0) is 19.5 Å². The smallest absolute Gasteiger partial charge is 0.313 e. The number of fused-ring (bicyclic) bond motifs is 1. The maximum absolute atomic E-state index is 13.0. The Morgan fingerprint density at radius 2 is 2.04 bits per heavy atom. The molecule has 0 spiro atoms. The van der Waals surface area contributed by atoms with E-state index in [1.165, 1.54) is 0 Å². The second-order valence-electron chi connectivity index (χ2n) is 6.26. The summed E-state index contributed by atoms with van der Waals surface area (Å²) in [6.45, 7) is 2.17. The zero-order valence-electron chi connectivity index (χ0n) is 13.7. The summed E-state index contributed by atoms with van der Waals surface area (Å²) in [4.78, 5) is 0. The van der Waals surface area contributed by atoms with E-state index in [1.54, 1.807) is 16.7 Å². The molecule has 0 radical (unpaired) electrons. The Hall–Kier alpha value is -2.40. The fraction of sp³-hybridized carbons (Fsp3) is 0.471. The lowest BCUT2D eigenvalue weighted by Crippen LogP contribution is -2.33. The molecular formula is C17H18F3N5. The molecule has 0 fully saturated rings. The van der Waals surface area contributed by atoms with E-state index in [0.717, 1.165) is 5.56 Å². The Labute approximate surface area is 143 Å². The minimum Gasteiger partial charge on any atom is -0.313 e. The number of nitriles is 1. The first kappa shape index (κ1) is 17.4. The van der Waals surface area contributed by atoms with E-state index in [1.807, 2.05) is 19.1 Å². The van der Waals surface area contributed by atoms with Crippen molar-refractivity contribution in [2.45, 2.75) is 45.1 Å². The highest BCUT2D eigenvalue weighted by Gasteiger charge is 2.42. The Morgan fingerprint density at radius 3 is 2.68 bits per heavy atom. The molecule has 1 aliphatic heterocycles. The van der Waals surface area contributed by atoms with Crippen molar-refractivity contribution in [2.75, 3.05) is 0 Å². The van der Waals surface area contributed by atoms with E-state index in [2.05, 4.69) is 21.6 Å². The van der Waals surface area contributed by atoms with Gasteiger partial charge in [-0.1, -0.05) is 12.1 Å². The zero-order valence-corrected chi connectivity index (χ0v) is 13.7. The molecule has 1 aliphatic rings. The van der Waals surface area contributed by atoms with Crippen molar-refractivity contribution in [3.63, 3.8) is 0 Å². The van der Waals surface area contributed by atoms with Crippen molar-refractivity contribution in [3.8, 4) is 6.07 Å². The molecule has 1 aromatic carbocycles. The minimum absolute atomic E-state index is 0.0253.